The Morgan fingerprint density at radius 2 is 1.82 bits per heavy atom. The number of hydrogen-bond donors (Lipinski definition) is 2. The van der Waals surface area contributed by atoms with Crippen molar-refractivity contribution in [3.05, 3.63) is 65.5 Å². The molecule has 0 spiro atoms. The molecule has 1 saturated carbocycles. The highest BCUT2D eigenvalue weighted by Crippen LogP contribution is 2.28. The van der Waals surface area contributed by atoms with Crippen molar-refractivity contribution in [3.8, 4) is 6.07 Å². The summed E-state index contributed by atoms with van der Waals surface area (Å²) in [6, 6.07) is 16.0. The quantitative estimate of drug-likeness (QED) is 0.627. The highest BCUT2D eigenvalue weighted by Gasteiger charge is 2.29. The van der Waals surface area contributed by atoms with Crippen molar-refractivity contribution >= 4 is 11.7 Å². The van der Waals surface area contributed by atoms with Gasteiger partial charge in [0.15, 0.2) is 0 Å². The fourth-order valence-electron chi connectivity index (χ4n) is 5.28. The van der Waals surface area contributed by atoms with Crippen molar-refractivity contribution in [2.45, 2.75) is 51.0 Å². The highest BCUT2D eigenvalue weighted by molar-refractivity contribution is 5.89. The van der Waals surface area contributed by atoms with Gasteiger partial charge in [0, 0.05) is 18.3 Å². The molecule has 0 radical (unpaired) electrons. The Kier molecular flexibility index (Phi) is 7.96. The Labute approximate surface area is 196 Å². The Morgan fingerprint density at radius 3 is 2.58 bits per heavy atom. The van der Waals surface area contributed by atoms with E-state index in [2.05, 4.69) is 21.6 Å². The zero-order valence-corrected chi connectivity index (χ0v) is 19.1. The van der Waals surface area contributed by atoms with Crippen LogP contribution in [0.4, 0.5) is 14.9 Å². The average molecular weight is 449 g/mol. The van der Waals surface area contributed by atoms with Crippen LogP contribution in [-0.2, 0) is 6.42 Å². The number of anilines is 1. The van der Waals surface area contributed by atoms with Crippen LogP contribution in [0.25, 0.3) is 0 Å². The van der Waals surface area contributed by atoms with Crippen LogP contribution in [0.2, 0.25) is 0 Å². The first-order valence-electron chi connectivity index (χ1n) is 12.1. The second-order valence-corrected chi connectivity index (χ2v) is 9.52. The van der Waals surface area contributed by atoms with Crippen molar-refractivity contribution in [2.24, 2.45) is 11.8 Å². The molecular weight excluding hydrogens is 415 g/mol. The first-order valence-corrected chi connectivity index (χ1v) is 12.1. The minimum absolute atomic E-state index is 0.173. The van der Waals surface area contributed by atoms with Gasteiger partial charge in [0.2, 0.25) is 0 Å². The van der Waals surface area contributed by atoms with E-state index in [9.17, 15) is 9.18 Å². The largest absolute Gasteiger partial charge is 0.335 e. The molecule has 2 aromatic rings. The first-order chi connectivity index (χ1) is 16.1. The monoisotopic (exact) mass is 448 g/mol. The molecule has 1 saturated heterocycles. The highest BCUT2D eigenvalue weighted by atomic mass is 19.1. The molecule has 2 N–H and O–H groups in total. The van der Waals surface area contributed by atoms with Crippen molar-refractivity contribution in [2.75, 3.05) is 25.0 Å². The molecule has 1 aliphatic carbocycles. The van der Waals surface area contributed by atoms with E-state index >= 15 is 0 Å². The molecule has 5 nitrogen and oxygen atoms in total. The lowest BCUT2D eigenvalue weighted by Crippen LogP contribution is -2.48. The lowest BCUT2D eigenvalue weighted by molar-refractivity contribution is 0.130. The van der Waals surface area contributed by atoms with Gasteiger partial charge >= 0.3 is 6.03 Å². The van der Waals surface area contributed by atoms with Gasteiger partial charge in [-0.05, 0) is 92.9 Å². The summed E-state index contributed by atoms with van der Waals surface area (Å²) in [6.07, 6.45) is 7.87. The fraction of sp³-hybridized carbons (Fsp3) is 0.481. The Balaban J connectivity index is 1.25. The minimum atomic E-state index is -0.194. The predicted molar refractivity (Wildman–Crippen MR) is 128 cm³/mol. The maximum Gasteiger partial charge on any atom is 0.319 e. The smallest absolute Gasteiger partial charge is 0.319 e. The lowest BCUT2D eigenvalue weighted by Gasteiger charge is -2.39. The van der Waals surface area contributed by atoms with Crippen LogP contribution in [0, 0.1) is 29.0 Å². The number of likely N-dealkylation sites (tertiary alicyclic amines) is 1. The summed E-state index contributed by atoms with van der Waals surface area (Å²) in [4.78, 5) is 15.2. The molecule has 1 aliphatic heterocycles. The number of benzene rings is 2. The maximum absolute atomic E-state index is 13.1. The summed E-state index contributed by atoms with van der Waals surface area (Å²) >= 11 is 0. The topological polar surface area (TPSA) is 68.2 Å². The number of amides is 2. The molecular formula is C27H33FN4O. The Bertz CT molecular complexity index is 963. The van der Waals surface area contributed by atoms with E-state index in [0.29, 0.717) is 23.1 Å². The summed E-state index contributed by atoms with van der Waals surface area (Å²) in [6.45, 7) is 3.20. The summed E-state index contributed by atoms with van der Waals surface area (Å²) in [5.41, 5.74) is 2.39. The SMILES string of the molecule is N#Cc1cccc(NC(=O)N[C@H]2CCCC[C@@H]2CN2CCC(Cc3ccc(F)cc3)CC2)c1. The average Bonchev–Trinajstić information content (AvgIpc) is 2.83. The number of carbonyl (C=O) groups is 1. The van der Waals surface area contributed by atoms with Crippen molar-refractivity contribution < 1.29 is 9.18 Å². The van der Waals surface area contributed by atoms with E-state index in [-0.39, 0.29) is 17.9 Å². The molecule has 1 heterocycles. The standard InChI is InChI=1S/C27H33FN4O/c28-24-10-8-20(9-11-24)16-21-12-14-32(15-13-21)19-23-5-1-2-7-26(23)31-27(33)30-25-6-3-4-22(17-25)18-29/h3-4,6,8-11,17,21,23,26H,1-2,5,7,12-16,19H2,(H2,30,31,33)/t23-,26+/m1/s1. The summed E-state index contributed by atoms with van der Waals surface area (Å²) in [7, 11) is 0. The van der Waals surface area contributed by atoms with Gasteiger partial charge in [-0.1, -0.05) is 31.0 Å². The number of nitriles is 1. The molecule has 0 unspecified atom stereocenters. The zero-order valence-electron chi connectivity index (χ0n) is 19.1. The first kappa shape index (κ1) is 23.3. The van der Waals surface area contributed by atoms with E-state index in [0.717, 1.165) is 58.2 Å². The van der Waals surface area contributed by atoms with E-state index in [4.69, 9.17) is 5.26 Å². The molecule has 0 bridgehead atoms. The van der Waals surface area contributed by atoms with Crippen LogP contribution in [0.3, 0.4) is 0 Å². The van der Waals surface area contributed by atoms with Gasteiger partial charge in [0.25, 0.3) is 0 Å². The molecule has 6 heteroatoms. The van der Waals surface area contributed by atoms with Gasteiger partial charge in [-0.25, -0.2) is 9.18 Å². The second kappa shape index (κ2) is 11.3. The summed E-state index contributed by atoms with van der Waals surface area (Å²) in [5.74, 6) is 0.944. The fourth-order valence-corrected chi connectivity index (χ4v) is 5.28. The third-order valence-corrected chi connectivity index (χ3v) is 7.11. The van der Waals surface area contributed by atoms with Crippen LogP contribution in [0.5, 0.6) is 0 Å². The number of nitrogens with one attached hydrogen (secondary N) is 2. The van der Waals surface area contributed by atoms with Gasteiger partial charge in [0.1, 0.15) is 5.82 Å². The van der Waals surface area contributed by atoms with E-state index in [1.807, 2.05) is 12.1 Å². The number of hydrogen-bond acceptors (Lipinski definition) is 3. The molecule has 0 aromatic heterocycles. The van der Waals surface area contributed by atoms with Crippen molar-refractivity contribution in [3.63, 3.8) is 0 Å². The Morgan fingerprint density at radius 1 is 1.06 bits per heavy atom. The third kappa shape index (κ3) is 6.79. The Hall–Kier alpha value is -2.91. The van der Waals surface area contributed by atoms with Crippen molar-refractivity contribution in [1.82, 2.24) is 10.2 Å². The molecule has 2 fully saturated rings. The number of rotatable bonds is 6. The molecule has 2 amide bonds. The number of nitrogens with zero attached hydrogens (tertiary/aromatic N) is 2. The summed E-state index contributed by atoms with van der Waals surface area (Å²) < 4.78 is 13.1. The molecule has 33 heavy (non-hydrogen) atoms. The molecule has 4 rings (SSSR count). The number of urea groups is 1. The van der Waals surface area contributed by atoms with Crippen LogP contribution >= 0.6 is 0 Å². The second-order valence-electron chi connectivity index (χ2n) is 9.52. The number of carbonyl (C=O) groups excluding carboxylic acids is 1. The normalized spacial score (nSPS) is 21.8. The van der Waals surface area contributed by atoms with Crippen LogP contribution in [0.15, 0.2) is 48.5 Å². The van der Waals surface area contributed by atoms with E-state index < -0.39 is 0 Å². The van der Waals surface area contributed by atoms with Gasteiger partial charge in [-0.15, -0.1) is 0 Å². The van der Waals surface area contributed by atoms with Gasteiger partial charge in [0.05, 0.1) is 11.6 Å². The minimum Gasteiger partial charge on any atom is -0.335 e. The third-order valence-electron chi connectivity index (χ3n) is 7.11. The molecule has 2 aromatic carbocycles. The van der Waals surface area contributed by atoms with E-state index in [1.165, 1.54) is 12.0 Å². The van der Waals surface area contributed by atoms with Crippen LogP contribution in [0.1, 0.15) is 49.7 Å². The predicted octanol–water partition coefficient (Wildman–Crippen LogP) is 5.33. The lowest BCUT2D eigenvalue weighted by atomic mass is 9.83. The van der Waals surface area contributed by atoms with Crippen molar-refractivity contribution in [1.29, 1.82) is 5.26 Å². The van der Waals surface area contributed by atoms with Gasteiger partial charge in [-0.3, -0.25) is 0 Å². The number of halogens is 1. The zero-order chi connectivity index (χ0) is 23.0. The molecule has 174 valence electrons. The molecule has 2 atom stereocenters. The van der Waals surface area contributed by atoms with Gasteiger partial charge in [-0.2, -0.15) is 5.26 Å². The maximum atomic E-state index is 13.1. The van der Waals surface area contributed by atoms with Crippen LogP contribution in [-0.4, -0.2) is 36.6 Å². The number of piperidine rings is 1. The van der Waals surface area contributed by atoms with Gasteiger partial charge < -0.3 is 15.5 Å². The van der Waals surface area contributed by atoms with E-state index in [1.54, 1.807) is 36.4 Å². The molecule has 2 aliphatic rings. The summed E-state index contributed by atoms with van der Waals surface area (Å²) in [5, 5.41) is 15.1. The van der Waals surface area contributed by atoms with Crippen LogP contribution < -0.4 is 10.6 Å².